The third-order valence-corrected chi connectivity index (χ3v) is 5.62. The van der Waals surface area contributed by atoms with Crippen molar-refractivity contribution in [2.24, 2.45) is 0 Å². The summed E-state index contributed by atoms with van der Waals surface area (Å²) >= 11 is 0. The van der Waals surface area contributed by atoms with Gasteiger partial charge in [-0.2, -0.15) is 18.3 Å². The van der Waals surface area contributed by atoms with Crippen LogP contribution >= 0.6 is 0 Å². The Labute approximate surface area is 178 Å². The van der Waals surface area contributed by atoms with Gasteiger partial charge in [0.2, 0.25) is 0 Å². The van der Waals surface area contributed by atoms with E-state index in [4.69, 9.17) is 0 Å². The van der Waals surface area contributed by atoms with Crippen LogP contribution in [0.2, 0.25) is 0 Å². The quantitative estimate of drug-likeness (QED) is 0.423. The number of carbonyl (C=O) groups is 1. The summed E-state index contributed by atoms with van der Waals surface area (Å²) in [4.78, 5) is 25.8. The summed E-state index contributed by atoms with van der Waals surface area (Å²) in [5.74, 6) is -2.69. The molecule has 0 aliphatic carbocycles. The molecule has 0 aliphatic rings. The highest BCUT2D eigenvalue weighted by atomic mass is 32.2. The number of nitrogens with zero attached hydrogens (tertiary/aromatic N) is 2. The second-order valence-electron chi connectivity index (χ2n) is 6.62. The number of rotatable bonds is 6. The molecule has 0 atom stereocenters. The minimum Gasteiger partial charge on any atom is -0.272 e. The van der Waals surface area contributed by atoms with Gasteiger partial charge in [0, 0.05) is 11.9 Å². The lowest BCUT2D eigenvalue weighted by Crippen LogP contribution is -2.42. The van der Waals surface area contributed by atoms with Crippen LogP contribution in [0.3, 0.4) is 0 Å². The van der Waals surface area contributed by atoms with E-state index in [0.717, 1.165) is 4.68 Å². The zero-order chi connectivity index (χ0) is 23.7. The average Bonchev–Trinajstić information content (AvgIpc) is 2.73. The van der Waals surface area contributed by atoms with Gasteiger partial charge in [-0.1, -0.05) is 25.1 Å². The number of fused-ring (bicyclic) bond motifs is 1. The van der Waals surface area contributed by atoms with E-state index in [2.05, 4.69) is 5.10 Å². The van der Waals surface area contributed by atoms with Crippen molar-refractivity contribution in [3.8, 4) is 0 Å². The second-order valence-corrected chi connectivity index (χ2v) is 8.30. The van der Waals surface area contributed by atoms with Gasteiger partial charge in [0.25, 0.3) is 21.5 Å². The Kier molecular flexibility index (Phi) is 6.32. The Morgan fingerprint density at radius 3 is 2.41 bits per heavy atom. The van der Waals surface area contributed by atoms with Crippen LogP contribution in [0.5, 0.6) is 0 Å². The van der Waals surface area contributed by atoms with Gasteiger partial charge >= 0.3 is 6.18 Å². The summed E-state index contributed by atoms with van der Waals surface area (Å²) in [6, 6.07) is 7.13. The molecule has 8 nitrogen and oxygen atoms in total. The van der Waals surface area contributed by atoms with E-state index in [9.17, 15) is 35.6 Å². The first kappa shape index (κ1) is 23.3. The van der Waals surface area contributed by atoms with Gasteiger partial charge < -0.3 is 0 Å². The lowest BCUT2D eigenvalue weighted by Gasteiger charge is -2.13. The molecule has 2 aromatic carbocycles. The number of benzene rings is 2. The van der Waals surface area contributed by atoms with E-state index in [0.29, 0.717) is 18.6 Å². The van der Waals surface area contributed by atoms with Crippen LogP contribution < -0.4 is 15.8 Å². The maximum atomic E-state index is 13.4. The first-order chi connectivity index (χ1) is 15.0. The molecule has 3 aromatic rings. The molecule has 0 aliphatic heterocycles. The molecule has 0 unspecified atom stereocenters. The van der Waals surface area contributed by atoms with Crippen LogP contribution in [-0.4, -0.2) is 24.1 Å². The molecule has 13 heteroatoms. The number of halogens is 4. The third kappa shape index (κ3) is 4.62. The zero-order valence-electron chi connectivity index (χ0n) is 16.4. The normalized spacial score (nSPS) is 12.2. The first-order valence-electron chi connectivity index (χ1n) is 9.14. The molecular formula is C19H16F4N4O4S. The number of hydrazine groups is 1. The molecule has 0 spiro atoms. The molecule has 0 bridgehead atoms. The highest BCUT2D eigenvalue weighted by Crippen LogP contribution is 2.32. The van der Waals surface area contributed by atoms with E-state index >= 15 is 0 Å². The van der Waals surface area contributed by atoms with Crippen molar-refractivity contribution in [1.82, 2.24) is 20.0 Å². The lowest BCUT2D eigenvalue weighted by atomic mass is 10.1. The molecule has 0 saturated carbocycles. The zero-order valence-corrected chi connectivity index (χ0v) is 17.2. The molecule has 0 fully saturated rings. The maximum absolute atomic E-state index is 13.4. The number of sulfonamides is 1. The first-order valence-corrected chi connectivity index (χ1v) is 10.6. The van der Waals surface area contributed by atoms with E-state index < -0.39 is 43.9 Å². The average molecular weight is 472 g/mol. The van der Waals surface area contributed by atoms with Gasteiger partial charge in [0.15, 0.2) is 5.69 Å². The predicted molar refractivity (Wildman–Crippen MR) is 105 cm³/mol. The Morgan fingerprint density at radius 1 is 1.12 bits per heavy atom. The number of alkyl halides is 3. The van der Waals surface area contributed by atoms with Gasteiger partial charge in [-0.15, -0.1) is 4.83 Å². The number of aryl methyl sites for hydroxylation is 1. The van der Waals surface area contributed by atoms with Crippen LogP contribution in [0.4, 0.5) is 17.6 Å². The molecule has 3 rings (SSSR count). The third-order valence-electron chi connectivity index (χ3n) is 4.37. The van der Waals surface area contributed by atoms with E-state index in [1.807, 2.05) is 5.43 Å². The summed E-state index contributed by atoms with van der Waals surface area (Å²) in [5.41, 5.74) is -0.622. The van der Waals surface area contributed by atoms with Crippen LogP contribution in [0.1, 0.15) is 29.4 Å². The minimum atomic E-state index is -5.12. The van der Waals surface area contributed by atoms with Crippen LogP contribution in [0, 0.1) is 5.82 Å². The van der Waals surface area contributed by atoms with Crippen molar-refractivity contribution < 1.29 is 30.8 Å². The molecule has 1 heterocycles. The molecule has 170 valence electrons. The number of nitrogens with one attached hydrogen (secondary N) is 2. The van der Waals surface area contributed by atoms with Crippen molar-refractivity contribution >= 4 is 26.7 Å². The standard InChI is InChI=1S/C19H16F4N4O4S/c1-2-9-27-18(29)13-6-4-3-5-12(13)16(25-27)17(28)24-26-32(30,31)11-7-8-15(20)14(10-11)19(21,22)23/h3-8,10,26H,2,9H2,1H3,(H,24,28). The smallest absolute Gasteiger partial charge is 0.272 e. The van der Waals surface area contributed by atoms with Crippen molar-refractivity contribution in [1.29, 1.82) is 0 Å². The van der Waals surface area contributed by atoms with Crippen molar-refractivity contribution in [2.45, 2.75) is 31.0 Å². The van der Waals surface area contributed by atoms with Gasteiger partial charge in [0.1, 0.15) is 5.82 Å². The van der Waals surface area contributed by atoms with Crippen molar-refractivity contribution in [2.75, 3.05) is 0 Å². The molecule has 1 aromatic heterocycles. The Morgan fingerprint density at radius 2 is 1.78 bits per heavy atom. The van der Waals surface area contributed by atoms with E-state index in [1.54, 1.807) is 23.9 Å². The summed E-state index contributed by atoms with van der Waals surface area (Å²) in [6.45, 7) is 1.99. The van der Waals surface area contributed by atoms with Crippen LogP contribution in [0.15, 0.2) is 52.2 Å². The van der Waals surface area contributed by atoms with Gasteiger partial charge in [-0.05, 0) is 30.7 Å². The van der Waals surface area contributed by atoms with Crippen molar-refractivity contribution in [3.63, 3.8) is 0 Å². The number of amides is 1. The van der Waals surface area contributed by atoms with Gasteiger partial charge in [-0.3, -0.25) is 15.0 Å². The Bertz CT molecular complexity index is 1350. The minimum absolute atomic E-state index is 0.110. The monoisotopic (exact) mass is 472 g/mol. The van der Waals surface area contributed by atoms with E-state index in [-0.39, 0.29) is 29.1 Å². The molecule has 2 N–H and O–H groups in total. The predicted octanol–water partition coefficient (Wildman–Crippen LogP) is 2.59. The fourth-order valence-electron chi connectivity index (χ4n) is 2.89. The second kappa shape index (κ2) is 8.67. The number of carbonyl (C=O) groups excluding carboxylic acids is 1. The van der Waals surface area contributed by atoms with Crippen molar-refractivity contribution in [3.05, 3.63) is 69.9 Å². The largest absolute Gasteiger partial charge is 0.419 e. The molecule has 1 amide bonds. The van der Waals surface area contributed by atoms with Gasteiger partial charge in [0.05, 0.1) is 15.8 Å². The summed E-state index contributed by atoms with van der Waals surface area (Å²) in [6.07, 6.45) is -4.58. The van der Waals surface area contributed by atoms with Crippen LogP contribution in [-0.2, 0) is 22.7 Å². The van der Waals surface area contributed by atoms with E-state index in [1.165, 1.54) is 12.1 Å². The van der Waals surface area contributed by atoms with Gasteiger partial charge in [-0.25, -0.2) is 17.5 Å². The lowest BCUT2D eigenvalue weighted by molar-refractivity contribution is -0.140. The SMILES string of the molecule is CCCn1nc(C(=O)NNS(=O)(=O)c2ccc(F)c(C(F)(F)F)c2)c2ccccc2c1=O. The Hall–Kier alpha value is -3.32. The fraction of sp³-hybridized carbons (Fsp3) is 0.211. The summed E-state index contributed by atoms with van der Waals surface area (Å²) in [5, 5.41) is 4.31. The summed E-state index contributed by atoms with van der Waals surface area (Å²) < 4.78 is 77.8. The molecule has 0 radical (unpaired) electrons. The molecule has 0 saturated heterocycles. The van der Waals surface area contributed by atoms with Crippen LogP contribution in [0.25, 0.3) is 10.8 Å². The highest BCUT2D eigenvalue weighted by Gasteiger charge is 2.35. The Balaban J connectivity index is 1.93. The summed E-state index contributed by atoms with van der Waals surface area (Å²) in [7, 11) is -4.69. The number of hydrogen-bond acceptors (Lipinski definition) is 5. The molecular weight excluding hydrogens is 456 g/mol. The fourth-order valence-corrected chi connectivity index (χ4v) is 3.75. The number of aromatic nitrogens is 2. The number of hydrogen-bond donors (Lipinski definition) is 2. The topological polar surface area (TPSA) is 110 Å². The highest BCUT2D eigenvalue weighted by molar-refractivity contribution is 7.89. The maximum Gasteiger partial charge on any atom is 0.419 e. The molecule has 32 heavy (non-hydrogen) atoms.